The molecule has 0 spiro atoms. The highest BCUT2D eigenvalue weighted by Crippen LogP contribution is 2.38. The van der Waals surface area contributed by atoms with Crippen molar-refractivity contribution in [2.24, 2.45) is 0 Å². The van der Waals surface area contributed by atoms with E-state index in [1.54, 1.807) is 7.11 Å². The predicted octanol–water partition coefficient (Wildman–Crippen LogP) is 5.48. The summed E-state index contributed by atoms with van der Waals surface area (Å²) in [6.07, 6.45) is 4.56. The zero-order valence-electron chi connectivity index (χ0n) is 18.8. The summed E-state index contributed by atoms with van der Waals surface area (Å²) in [6, 6.07) is 18.1. The van der Waals surface area contributed by atoms with Crippen LogP contribution in [0, 0.1) is 0 Å². The van der Waals surface area contributed by atoms with Gasteiger partial charge in [0, 0.05) is 31.8 Å². The Bertz CT molecular complexity index is 1050. The highest BCUT2D eigenvalue weighted by atomic mass is 35.5. The Kier molecular flexibility index (Phi) is 8.42. The van der Waals surface area contributed by atoms with Crippen molar-refractivity contribution in [1.82, 2.24) is 19.7 Å². The predicted molar refractivity (Wildman–Crippen MR) is 132 cm³/mol. The number of nitrogens with zero attached hydrogens (tertiary/aromatic N) is 4. The summed E-state index contributed by atoms with van der Waals surface area (Å²) >= 11 is 7.93. The van der Waals surface area contributed by atoms with E-state index in [9.17, 15) is 4.79 Å². The van der Waals surface area contributed by atoms with Crippen LogP contribution in [0.3, 0.4) is 0 Å². The molecule has 3 aromatic rings. The molecule has 6 nitrogen and oxygen atoms in total. The second-order valence-corrected chi connectivity index (χ2v) is 9.53. The average Bonchev–Trinajstić information content (AvgIpc) is 3.51. The van der Waals surface area contributed by atoms with Crippen molar-refractivity contribution in [2.75, 3.05) is 26.0 Å². The monoisotopic (exact) mass is 484 g/mol. The maximum atomic E-state index is 13.2. The Morgan fingerprint density at radius 2 is 1.85 bits per heavy atom. The quantitative estimate of drug-likeness (QED) is 0.356. The van der Waals surface area contributed by atoms with Crippen LogP contribution in [0.1, 0.15) is 37.3 Å². The van der Waals surface area contributed by atoms with Crippen LogP contribution in [0.2, 0.25) is 5.02 Å². The molecule has 33 heavy (non-hydrogen) atoms. The van der Waals surface area contributed by atoms with E-state index in [2.05, 4.69) is 14.8 Å². The van der Waals surface area contributed by atoms with E-state index in [1.807, 2.05) is 59.5 Å². The molecule has 1 saturated carbocycles. The minimum atomic E-state index is 0.0566. The molecule has 0 saturated heterocycles. The molecule has 8 heteroatoms. The van der Waals surface area contributed by atoms with E-state index in [1.165, 1.54) is 24.6 Å². The van der Waals surface area contributed by atoms with Crippen LogP contribution in [-0.4, -0.2) is 51.6 Å². The molecule has 0 N–H and O–H groups in total. The highest BCUT2D eigenvalue weighted by Gasteiger charge is 2.26. The topological polar surface area (TPSA) is 60.2 Å². The number of rotatable bonds is 10. The number of halogens is 1. The number of methoxy groups -OCH3 is 1. The molecule has 1 aliphatic carbocycles. The average molecular weight is 485 g/mol. The molecule has 2 aromatic carbocycles. The third-order valence-electron chi connectivity index (χ3n) is 5.93. The lowest BCUT2D eigenvalue weighted by molar-refractivity contribution is -0.129. The number of ether oxygens (including phenoxy) is 1. The number of benzene rings is 2. The SMILES string of the molecule is COCCN(Cc1ccccc1)C(=O)CSc1nnc(-c2ccccc2Cl)n1C1CCCC1. The van der Waals surface area contributed by atoms with Crippen LogP contribution in [-0.2, 0) is 16.1 Å². The zero-order chi connectivity index (χ0) is 23.0. The third kappa shape index (κ3) is 5.96. The summed E-state index contributed by atoms with van der Waals surface area (Å²) in [7, 11) is 1.65. The van der Waals surface area contributed by atoms with Crippen LogP contribution >= 0.6 is 23.4 Å². The van der Waals surface area contributed by atoms with Gasteiger partial charge in [-0.05, 0) is 30.5 Å². The van der Waals surface area contributed by atoms with Gasteiger partial charge in [0.25, 0.3) is 0 Å². The van der Waals surface area contributed by atoms with Crippen LogP contribution in [0.5, 0.6) is 0 Å². The van der Waals surface area contributed by atoms with E-state index in [-0.39, 0.29) is 5.91 Å². The Balaban J connectivity index is 1.53. The standard InChI is InChI=1S/C25H29ClN4O2S/c1-32-16-15-29(17-19-9-3-2-4-10-19)23(31)18-33-25-28-27-24(21-13-7-8-14-22(21)26)30(25)20-11-5-6-12-20/h2-4,7-10,13-14,20H,5-6,11-12,15-18H2,1H3. The van der Waals surface area contributed by atoms with Crippen molar-refractivity contribution in [3.8, 4) is 11.4 Å². The van der Waals surface area contributed by atoms with Crippen molar-refractivity contribution in [2.45, 2.75) is 43.4 Å². The molecule has 1 amide bonds. The second kappa shape index (κ2) is 11.7. The van der Waals surface area contributed by atoms with Gasteiger partial charge in [0.05, 0.1) is 17.4 Å². The number of thioether (sulfide) groups is 1. The van der Waals surface area contributed by atoms with Crippen LogP contribution in [0.25, 0.3) is 11.4 Å². The molecule has 174 valence electrons. The molecule has 1 aliphatic rings. The Morgan fingerprint density at radius 1 is 1.12 bits per heavy atom. The lowest BCUT2D eigenvalue weighted by Gasteiger charge is -2.23. The molecule has 0 radical (unpaired) electrons. The summed E-state index contributed by atoms with van der Waals surface area (Å²) in [5.74, 6) is 1.13. The van der Waals surface area contributed by atoms with Crippen LogP contribution < -0.4 is 0 Å². The second-order valence-electron chi connectivity index (χ2n) is 8.18. The maximum Gasteiger partial charge on any atom is 0.233 e. The molecule has 1 fully saturated rings. The van der Waals surface area contributed by atoms with Crippen molar-refractivity contribution >= 4 is 29.3 Å². The molecule has 1 heterocycles. The largest absolute Gasteiger partial charge is 0.383 e. The highest BCUT2D eigenvalue weighted by molar-refractivity contribution is 7.99. The number of hydrogen-bond donors (Lipinski definition) is 0. The number of amides is 1. The number of aromatic nitrogens is 3. The summed E-state index contributed by atoms with van der Waals surface area (Å²) < 4.78 is 7.43. The Labute approximate surface area is 204 Å². The van der Waals surface area contributed by atoms with Gasteiger partial charge in [0.2, 0.25) is 5.91 Å². The fourth-order valence-electron chi connectivity index (χ4n) is 4.21. The normalized spacial score (nSPS) is 14.0. The molecule has 0 aliphatic heterocycles. The van der Waals surface area contributed by atoms with Crippen LogP contribution in [0.4, 0.5) is 0 Å². The maximum absolute atomic E-state index is 13.2. The van der Waals surface area contributed by atoms with Gasteiger partial charge in [-0.3, -0.25) is 9.36 Å². The van der Waals surface area contributed by atoms with Gasteiger partial charge in [-0.15, -0.1) is 10.2 Å². The van der Waals surface area contributed by atoms with Crippen molar-refractivity contribution in [3.63, 3.8) is 0 Å². The molecule has 4 rings (SSSR count). The number of carbonyl (C=O) groups excluding carboxylic acids is 1. The van der Waals surface area contributed by atoms with E-state index in [0.717, 1.165) is 34.9 Å². The van der Waals surface area contributed by atoms with E-state index in [0.29, 0.717) is 36.5 Å². The first-order valence-electron chi connectivity index (χ1n) is 11.3. The van der Waals surface area contributed by atoms with Gasteiger partial charge < -0.3 is 9.64 Å². The summed E-state index contributed by atoms with van der Waals surface area (Å²) in [6.45, 7) is 1.60. The van der Waals surface area contributed by atoms with Gasteiger partial charge in [-0.25, -0.2) is 0 Å². The van der Waals surface area contributed by atoms with E-state index in [4.69, 9.17) is 16.3 Å². The minimum absolute atomic E-state index is 0.0566. The first kappa shape index (κ1) is 23.8. The van der Waals surface area contributed by atoms with Crippen molar-refractivity contribution in [3.05, 3.63) is 65.2 Å². The Hall–Kier alpha value is -2.35. The first-order chi connectivity index (χ1) is 16.2. The molecular formula is C25H29ClN4O2S. The van der Waals surface area contributed by atoms with Crippen molar-refractivity contribution < 1.29 is 9.53 Å². The number of hydrogen-bond acceptors (Lipinski definition) is 5. The first-order valence-corrected chi connectivity index (χ1v) is 12.7. The smallest absolute Gasteiger partial charge is 0.233 e. The molecule has 1 aromatic heterocycles. The molecular weight excluding hydrogens is 456 g/mol. The molecule has 0 bridgehead atoms. The number of carbonyl (C=O) groups is 1. The van der Waals surface area contributed by atoms with E-state index < -0.39 is 0 Å². The molecule has 0 unspecified atom stereocenters. The lowest BCUT2D eigenvalue weighted by Crippen LogP contribution is -2.34. The van der Waals surface area contributed by atoms with Gasteiger partial charge >= 0.3 is 0 Å². The summed E-state index contributed by atoms with van der Waals surface area (Å²) in [4.78, 5) is 15.0. The third-order valence-corrected chi connectivity index (χ3v) is 7.19. The lowest BCUT2D eigenvalue weighted by atomic mass is 10.2. The van der Waals surface area contributed by atoms with E-state index >= 15 is 0 Å². The minimum Gasteiger partial charge on any atom is -0.383 e. The fourth-order valence-corrected chi connectivity index (χ4v) is 5.34. The zero-order valence-corrected chi connectivity index (χ0v) is 20.4. The van der Waals surface area contributed by atoms with Crippen LogP contribution in [0.15, 0.2) is 59.8 Å². The molecule has 0 atom stereocenters. The summed E-state index contributed by atoms with van der Waals surface area (Å²) in [5.41, 5.74) is 1.98. The Morgan fingerprint density at radius 3 is 2.58 bits per heavy atom. The summed E-state index contributed by atoms with van der Waals surface area (Å²) in [5, 5.41) is 10.4. The van der Waals surface area contributed by atoms with Crippen molar-refractivity contribution in [1.29, 1.82) is 0 Å². The fraction of sp³-hybridized carbons (Fsp3) is 0.400. The van der Waals surface area contributed by atoms with Gasteiger partial charge in [0.1, 0.15) is 0 Å². The van der Waals surface area contributed by atoms with Gasteiger partial charge in [0.15, 0.2) is 11.0 Å². The van der Waals surface area contributed by atoms with Gasteiger partial charge in [-0.2, -0.15) is 0 Å². The van der Waals surface area contributed by atoms with Gasteiger partial charge in [-0.1, -0.05) is 78.7 Å².